The van der Waals surface area contributed by atoms with Crippen molar-refractivity contribution in [3.05, 3.63) is 75.5 Å². The Morgan fingerprint density at radius 3 is 2.34 bits per heavy atom. The zero-order valence-electron chi connectivity index (χ0n) is 16.6. The Labute approximate surface area is 180 Å². The molecular formula is C23H23Cl2NO3. The van der Waals surface area contributed by atoms with Crippen LogP contribution in [0.5, 0.6) is 0 Å². The molecule has 0 aromatic heterocycles. The van der Waals surface area contributed by atoms with Gasteiger partial charge in [0.05, 0.1) is 17.2 Å². The monoisotopic (exact) mass is 431 g/mol. The Bertz CT molecular complexity index is 987. The third kappa shape index (κ3) is 4.19. The number of carbonyl (C=O) groups excluding carboxylic acids is 2. The molecule has 1 heterocycles. The minimum atomic E-state index is -0.746. The first-order valence-corrected chi connectivity index (χ1v) is 10.1. The van der Waals surface area contributed by atoms with Crippen LogP contribution in [0.2, 0.25) is 10.0 Å². The fourth-order valence-corrected chi connectivity index (χ4v) is 4.80. The number of halogens is 2. The lowest BCUT2D eigenvalue weighted by Crippen LogP contribution is -2.54. The van der Waals surface area contributed by atoms with Crippen molar-refractivity contribution < 1.29 is 14.7 Å². The number of benzene rings is 2. The SMILES string of the molecule is CC(=O)CC1(C)CC(O)=C(C(C)=O)C(c2ccc(Cl)cc2Cl)N1c1ccccc1. The quantitative estimate of drug-likeness (QED) is 0.622. The zero-order valence-corrected chi connectivity index (χ0v) is 18.1. The van der Waals surface area contributed by atoms with Gasteiger partial charge in [-0.2, -0.15) is 0 Å². The van der Waals surface area contributed by atoms with Crippen molar-refractivity contribution in [3.63, 3.8) is 0 Å². The van der Waals surface area contributed by atoms with E-state index in [0.717, 1.165) is 5.69 Å². The number of Topliss-reactive ketones (excluding diaryl/α,β-unsaturated/α-hetero) is 2. The number of anilines is 1. The molecule has 0 aliphatic carbocycles. The van der Waals surface area contributed by atoms with Crippen LogP contribution in [0.1, 0.15) is 45.2 Å². The Morgan fingerprint density at radius 2 is 1.79 bits per heavy atom. The number of ketones is 2. The molecule has 4 nitrogen and oxygen atoms in total. The van der Waals surface area contributed by atoms with E-state index in [2.05, 4.69) is 0 Å². The summed E-state index contributed by atoms with van der Waals surface area (Å²) in [5.41, 5.74) is 1.01. The molecule has 1 N–H and O–H groups in total. The van der Waals surface area contributed by atoms with Gasteiger partial charge in [0.15, 0.2) is 5.78 Å². The van der Waals surface area contributed by atoms with Crippen molar-refractivity contribution in [2.45, 2.75) is 45.2 Å². The molecule has 0 amide bonds. The average Bonchev–Trinajstić information content (AvgIpc) is 2.60. The molecular weight excluding hydrogens is 409 g/mol. The van der Waals surface area contributed by atoms with Gasteiger partial charge in [0, 0.05) is 28.6 Å². The molecule has 2 atom stereocenters. The summed E-state index contributed by atoms with van der Waals surface area (Å²) in [6.45, 7) is 4.88. The first-order chi connectivity index (χ1) is 13.6. The Morgan fingerprint density at radius 1 is 1.14 bits per heavy atom. The second kappa shape index (κ2) is 8.21. The highest BCUT2D eigenvalue weighted by molar-refractivity contribution is 6.35. The van der Waals surface area contributed by atoms with Gasteiger partial charge in [-0.3, -0.25) is 9.59 Å². The summed E-state index contributed by atoms with van der Waals surface area (Å²) in [5, 5.41) is 11.7. The summed E-state index contributed by atoms with van der Waals surface area (Å²) in [5.74, 6) is -0.262. The lowest BCUT2D eigenvalue weighted by molar-refractivity contribution is -0.118. The molecule has 2 aromatic carbocycles. The Kier molecular flexibility index (Phi) is 6.06. The number of para-hydroxylation sites is 1. The normalized spacial score (nSPS) is 22.0. The highest BCUT2D eigenvalue weighted by atomic mass is 35.5. The molecule has 1 aliphatic rings. The van der Waals surface area contributed by atoms with E-state index in [1.807, 2.05) is 42.2 Å². The molecule has 29 heavy (non-hydrogen) atoms. The minimum Gasteiger partial charge on any atom is -0.512 e. The first kappa shape index (κ1) is 21.4. The predicted molar refractivity (Wildman–Crippen MR) is 117 cm³/mol. The van der Waals surface area contributed by atoms with Gasteiger partial charge in [0.1, 0.15) is 11.5 Å². The van der Waals surface area contributed by atoms with Gasteiger partial charge in [0.2, 0.25) is 0 Å². The topological polar surface area (TPSA) is 57.6 Å². The van der Waals surface area contributed by atoms with Crippen LogP contribution in [0.25, 0.3) is 0 Å². The number of hydrogen-bond donors (Lipinski definition) is 1. The van der Waals surface area contributed by atoms with E-state index in [1.165, 1.54) is 13.8 Å². The average molecular weight is 432 g/mol. The van der Waals surface area contributed by atoms with Crippen LogP contribution in [-0.4, -0.2) is 22.2 Å². The molecule has 0 saturated carbocycles. The summed E-state index contributed by atoms with van der Waals surface area (Å²) >= 11 is 12.6. The molecule has 3 rings (SSSR count). The highest BCUT2D eigenvalue weighted by Gasteiger charge is 2.47. The molecule has 0 bridgehead atoms. The van der Waals surface area contributed by atoms with Crippen LogP contribution >= 0.6 is 23.2 Å². The molecule has 0 saturated heterocycles. The van der Waals surface area contributed by atoms with Crippen molar-refractivity contribution in [2.75, 3.05) is 4.90 Å². The van der Waals surface area contributed by atoms with Crippen molar-refractivity contribution in [1.29, 1.82) is 0 Å². The molecule has 0 fully saturated rings. The minimum absolute atomic E-state index is 0.00606. The second-order valence-corrected chi connectivity index (χ2v) is 8.59. The van der Waals surface area contributed by atoms with Gasteiger partial charge in [-0.15, -0.1) is 0 Å². The van der Waals surface area contributed by atoms with Gasteiger partial charge in [-0.1, -0.05) is 47.5 Å². The van der Waals surface area contributed by atoms with Crippen LogP contribution in [0, 0.1) is 0 Å². The number of rotatable bonds is 5. The number of nitrogens with zero attached hydrogens (tertiary/aromatic N) is 1. The fraction of sp³-hybridized carbons (Fsp3) is 0.304. The second-order valence-electron chi connectivity index (χ2n) is 7.74. The molecule has 152 valence electrons. The standard InChI is InChI=1S/C23H23Cl2NO3/c1-14(27)12-23(3)13-20(29)21(15(2)28)22(18-10-9-16(24)11-19(18)25)26(23)17-7-5-4-6-8-17/h4-11,22,29H,12-13H2,1-3H3. The van der Waals surface area contributed by atoms with Crippen molar-refractivity contribution in [1.82, 2.24) is 0 Å². The number of aliphatic hydroxyl groups excluding tert-OH is 1. The van der Waals surface area contributed by atoms with Crippen LogP contribution < -0.4 is 4.90 Å². The van der Waals surface area contributed by atoms with Crippen LogP contribution in [0.3, 0.4) is 0 Å². The Balaban J connectivity index is 2.33. The van der Waals surface area contributed by atoms with E-state index in [1.54, 1.807) is 18.2 Å². The fourth-order valence-electron chi connectivity index (χ4n) is 4.29. The predicted octanol–water partition coefficient (Wildman–Crippen LogP) is 6.08. The van der Waals surface area contributed by atoms with Gasteiger partial charge in [0.25, 0.3) is 0 Å². The Hall–Kier alpha value is -2.30. The molecule has 0 radical (unpaired) electrons. The van der Waals surface area contributed by atoms with Crippen LogP contribution in [-0.2, 0) is 9.59 Å². The lowest BCUT2D eigenvalue weighted by atomic mass is 9.77. The van der Waals surface area contributed by atoms with Crippen LogP contribution in [0.4, 0.5) is 5.69 Å². The van der Waals surface area contributed by atoms with Gasteiger partial charge < -0.3 is 10.0 Å². The third-order valence-electron chi connectivity index (χ3n) is 5.27. The molecule has 1 aliphatic heterocycles. The summed E-state index contributed by atoms with van der Waals surface area (Å²) in [6.07, 6.45) is 0.386. The zero-order chi connectivity index (χ0) is 21.3. The molecule has 2 aromatic rings. The summed E-state index contributed by atoms with van der Waals surface area (Å²) < 4.78 is 0. The van der Waals surface area contributed by atoms with E-state index < -0.39 is 11.6 Å². The lowest BCUT2D eigenvalue weighted by Gasteiger charge is -2.51. The molecule has 6 heteroatoms. The maximum Gasteiger partial charge on any atom is 0.161 e. The van der Waals surface area contributed by atoms with Gasteiger partial charge in [-0.25, -0.2) is 0 Å². The summed E-state index contributed by atoms with van der Waals surface area (Å²) in [6, 6.07) is 14.0. The third-order valence-corrected chi connectivity index (χ3v) is 5.84. The van der Waals surface area contributed by atoms with Crippen molar-refractivity contribution >= 4 is 40.5 Å². The van der Waals surface area contributed by atoms with Gasteiger partial charge >= 0.3 is 0 Å². The van der Waals surface area contributed by atoms with Crippen molar-refractivity contribution in [2.24, 2.45) is 0 Å². The molecule has 0 spiro atoms. The van der Waals surface area contributed by atoms with Crippen molar-refractivity contribution in [3.8, 4) is 0 Å². The number of aliphatic hydroxyl groups is 1. The number of hydrogen-bond acceptors (Lipinski definition) is 4. The summed E-state index contributed by atoms with van der Waals surface area (Å²) in [4.78, 5) is 26.8. The maximum absolute atomic E-state index is 12.6. The molecule has 2 unspecified atom stereocenters. The first-order valence-electron chi connectivity index (χ1n) is 9.36. The number of carbonyl (C=O) groups is 2. The van der Waals surface area contributed by atoms with E-state index in [0.29, 0.717) is 15.6 Å². The summed E-state index contributed by atoms with van der Waals surface area (Å²) in [7, 11) is 0. The largest absolute Gasteiger partial charge is 0.512 e. The highest BCUT2D eigenvalue weighted by Crippen LogP contribution is 2.49. The maximum atomic E-state index is 12.6. The van der Waals surface area contributed by atoms with Gasteiger partial charge in [-0.05, 0) is 50.6 Å². The van der Waals surface area contributed by atoms with E-state index >= 15 is 0 Å². The van der Waals surface area contributed by atoms with Crippen LogP contribution in [0.15, 0.2) is 59.9 Å². The smallest absolute Gasteiger partial charge is 0.161 e. The van der Waals surface area contributed by atoms with E-state index in [9.17, 15) is 14.7 Å². The van der Waals surface area contributed by atoms with E-state index in [4.69, 9.17) is 23.2 Å². The van der Waals surface area contributed by atoms with E-state index in [-0.39, 0.29) is 35.7 Å².